The van der Waals surface area contributed by atoms with Crippen LogP contribution in [0.1, 0.15) is 24.1 Å². The summed E-state index contributed by atoms with van der Waals surface area (Å²) in [6, 6.07) is 11.7. The highest BCUT2D eigenvalue weighted by molar-refractivity contribution is 5.38. The first-order valence-corrected chi connectivity index (χ1v) is 6.72. The van der Waals surface area contributed by atoms with Crippen molar-refractivity contribution in [2.24, 2.45) is 5.84 Å². The molecule has 0 spiro atoms. The Labute approximate surface area is 123 Å². The van der Waals surface area contributed by atoms with Crippen LogP contribution in [0, 0.1) is 5.82 Å². The molecule has 0 aliphatic rings. The van der Waals surface area contributed by atoms with Gasteiger partial charge in [0.2, 0.25) is 0 Å². The van der Waals surface area contributed by atoms with Gasteiger partial charge in [-0.3, -0.25) is 5.84 Å². The van der Waals surface area contributed by atoms with Crippen molar-refractivity contribution in [3.63, 3.8) is 0 Å². The first-order valence-electron chi connectivity index (χ1n) is 6.72. The SMILES string of the molecule is CCOc1ccc(C(NN)c2ccc(OC)cc2F)cc1. The second-order valence-electron chi connectivity index (χ2n) is 4.49. The van der Waals surface area contributed by atoms with Crippen molar-refractivity contribution >= 4 is 0 Å². The van der Waals surface area contributed by atoms with Gasteiger partial charge in [0.15, 0.2) is 0 Å². The standard InChI is InChI=1S/C16H19FN2O2/c1-3-21-12-6-4-11(5-7-12)16(19-18)14-9-8-13(20-2)10-15(14)17/h4-10,16,19H,3,18H2,1-2H3. The van der Waals surface area contributed by atoms with Crippen LogP contribution in [0.5, 0.6) is 11.5 Å². The molecule has 2 aromatic rings. The van der Waals surface area contributed by atoms with E-state index < -0.39 is 6.04 Å². The summed E-state index contributed by atoms with van der Waals surface area (Å²) in [5, 5.41) is 0. The number of nitrogens with two attached hydrogens (primary N) is 1. The normalized spacial score (nSPS) is 12.0. The third-order valence-corrected chi connectivity index (χ3v) is 3.21. The second-order valence-corrected chi connectivity index (χ2v) is 4.49. The van der Waals surface area contributed by atoms with Gasteiger partial charge in [0.1, 0.15) is 17.3 Å². The predicted molar refractivity (Wildman–Crippen MR) is 79.7 cm³/mol. The summed E-state index contributed by atoms with van der Waals surface area (Å²) in [5.74, 6) is 6.47. The molecule has 0 aromatic heterocycles. The maximum absolute atomic E-state index is 14.2. The Kier molecular flexibility index (Phi) is 5.14. The lowest BCUT2D eigenvalue weighted by molar-refractivity contribution is 0.340. The second kappa shape index (κ2) is 7.06. The average Bonchev–Trinajstić information content (AvgIpc) is 2.51. The minimum Gasteiger partial charge on any atom is -0.497 e. The van der Waals surface area contributed by atoms with Gasteiger partial charge in [-0.25, -0.2) is 9.82 Å². The Morgan fingerprint density at radius 2 is 1.81 bits per heavy atom. The fourth-order valence-corrected chi connectivity index (χ4v) is 2.16. The Hall–Kier alpha value is -2.11. The maximum atomic E-state index is 14.2. The lowest BCUT2D eigenvalue weighted by atomic mass is 9.98. The van der Waals surface area contributed by atoms with Gasteiger partial charge in [-0.15, -0.1) is 0 Å². The summed E-state index contributed by atoms with van der Waals surface area (Å²) >= 11 is 0. The third kappa shape index (κ3) is 3.51. The molecule has 0 heterocycles. The summed E-state index contributed by atoms with van der Waals surface area (Å²) in [4.78, 5) is 0. The number of hydrogen-bond donors (Lipinski definition) is 2. The maximum Gasteiger partial charge on any atom is 0.132 e. The van der Waals surface area contributed by atoms with E-state index in [1.165, 1.54) is 13.2 Å². The monoisotopic (exact) mass is 290 g/mol. The van der Waals surface area contributed by atoms with Crippen molar-refractivity contribution in [1.82, 2.24) is 5.43 Å². The number of hydrazine groups is 1. The molecule has 2 aromatic carbocycles. The van der Waals surface area contributed by atoms with E-state index in [0.717, 1.165) is 11.3 Å². The molecular formula is C16H19FN2O2. The Morgan fingerprint density at radius 3 is 2.33 bits per heavy atom. The van der Waals surface area contributed by atoms with Crippen molar-refractivity contribution in [2.75, 3.05) is 13.7 Å². The van der Waals surface area contributed by atoms with E-state index in [9.17, 15) is 4.39 Å². The Morgan fingerprint density at radius 1 is 1.14 bits per heavy atom. The molecule has 0 fully saturated rings. The van der Waals surface area contributed by atoms with E-state index in [4.69, 9.17) is 15.3 Å². The zero-order chi connectivity index (χ0) is 15.2. The van der Waals surface area contributed by atoms with E-state index in [1.807, 2.05) is 31.2 Å². The molecule has 0 bridgehead atoms. The molecule has 2 rings (SSSR count). The van der Waals surface area contributed by atoms with Crippen molar-refractivity contribution in [3.05, 3.63) is 59.4 Å². The first kappa shape index (κ1) is 15.3. The molecule has 0 radical (unpaired) electrons. The summed E-state index contributed by atoms with van der Waals surface area (Å²) in [6.45, 7) is 2.52. The lowest BCUT2D eigenvalue weighted by Gasteiger charge is -2.18. The average molecular weight is 290 g/mol. The number of benzene rings is 2. The number of nitrogens with one attached hydrogen (secondary N) is 1. The largest absolute Gasteiger partial charge is 0.497 e. The number of halogens is 1. The van der Waals surface area contributed by atoms with Gasteiger partial charge >= 0.3 is 0 Å². The number of ether oxygens (including phenoxy) is 2. The van der Waals surface area contributed by atoms with E-state index in [2.05, 4.69) is 5.43 Å². The molecule has 0 saturated heterocycles. The third-order valence-electron chi connectivity index (χ3n) is 3.21. The highest BCUT2D eigenvalue weighted by Gasteiger charge is 2.17. The molecule has 5 heteroatoms. The van der Waals surface area contributed by atoms with E-state index in [0.29, 0.717) is 17.9 Å². The van der Waals surface area contributed by atoms with Crippen molar-refractivity contribution < 1.29 is 13.9 Å². The molecule has 3 N–H and O–H groups in total. The van der Waals surface area contributed by atoms with Gasteiger partial charge in [0.25, 0.3) is 0 Å². The van der Waals surface area contributed by atoms with Crippen molar-refractivity contribution in [2.45, 2.75) is 13.0 Å². The van der Waals surface area contributed by atoms with Crippen molar-refractivity contribution in [3.8, 4) is 11.5 Å². The highest BCUT2D eigenvalue weighted by atomic mass is 19.1. The summed E-state index contributed by atoms with van der Waals surface area (Å²) < 4.78 is 24.6. The van der Waals surface area contributed by atoms with Crippen LogP contribution < -0.4 is 20.7 Å². The molecule has 0 saturated carbocycles. The topological polar surface area (TPSA) is 56.5 Å². The van der Waals surface area contributed by atoms with Crippen LogP contribution in [0.25, 0.3) is 0 Å². The molecule has 1 atom stereocenters. The Balaban J connectivity index is 2.30. The molecule has 4 nitrogen and oxygen atoms in total. The van der Waals surface area contributed by atoms with Crippen LogP contribution in [0.2, 0.25) is 0 Å². The minimum absolute atomic E-state index is 0.369. The Bertz CT molecular complexity index is 587. The minimum atomic E-state index is -0.438. The van der Waals surface area contributed by atoms with Crippen LogP contribution in [0.4, 0.5) is 4.39 Å². The van der Waals surface area contributed by atoms with E-state index in [-0.39, 0.29) is 5.82 Å². The molecule has 0 aliphatic carbocycles. The van der Waals surface area contributed by atoms with Crippen LogP contribution in [-0.4, -0.2) is 13.7 Å². The molecule has 0 amide bonds. The number of methoxy groups -OCH3 is 1. The van der Waals surface area contributed by atoms with Crippen LogP contribution in [0.15, 0.2) is 42.5 Å². The smallest absolute Gasteiger partial charge is 0.132 e. The summed E-state index contributed by atoms with van der Waals surface area (Å²) in [5.41, 5.74) is 3.96. The van der Waals surface area contributed by atoms with E-state index in [1.54, 1.807) is 12.1 Å². The highest BCUT2D eigenvalue weighted by Crippen LogP contribution is 2.27. The van der Waals surface area contributed by atoms with Crippen molar-refractivity contribution in [1.29, 1.82) is 0 Å². The quantitative estimate of drug-likeness (QED) is 0.634. The van der Waals surface area contributed by atoms with Gasteiger partial charge in [-0.05, 0) is 30.7 Å². The van der Waals surface area contributed by atoms with Crippen LogP contribution in [-0.2, 0) is 0 Å². The fraction of sp³-hybridized carbons (Fsp3) is 0.250. The van der Waals surface area contributed by atoms with Crippen LogP contribution >= 0.6 is 0 Å². The van der Waals surface area contributed by atoms with Crippen LogP contribution in [0.3, 0.4) is 0 Å². The van der Waals surface area contributed by atoms with Gasteiger partial charge in [0, 0.05) is 11.6 Å². The van der Waals surface area contributed by atoms with E-state index >= 15 is 0 Å². The van der Waals surface area contributed by atoms with Gasteiger partial charge in [-0.1, -0.05) is 18.2 Å². The fourth-order valence-electron chi connectivity index (χ4n) is 2.16. The number of hydrogen-bond acceptors (Lipinski definition) is 4. The first-order chi connectivity index (χ1) is 10.2. The number of rotatable bonds is 6. The van der Waals surface area contributed by atoms with Gasteiger partial charge in [-0.2, -0.15) is 0 Å². The lowest BCUT2D eigenvalue weighted by Crippen LogP contribution is -2.29. The summed E-state index contributed by atoms with van der Waals surface area (Å²) in [7, 11) is 1.50. The zero-order valence-electron chi connectivity index (χ0n) is 12.1. The molecule has 0 aliphatic heterocycles. The molecule has 21 heavy (non-hydrogen) atoms. The predicted octanol–water partition coefficient (Wildman–Crippen LogP) is 2.79. The molecule has 1 unspecified atom stereocenters. The molecule has 112 valence electrons. The summed E-state index contributed by atoms with van der Waals surface area (Å²) in [6.07, 6.45) is 0. The molecular weight excluding hydrogens is 271 g/mol. The zero-order valence-corrected chi connectivity index (χ0v) is 12.1. The van der Waals surface area contributed by atoms with Gasteiger partial charge < -0.3 is 9.47 Å². The van der Waals surface area contributed by atoms with Gasteiger partial charge in [0.05, 0.1) is 19.8 Å².